The normalized spacial score (nSPS) is 18.7. The molecular formula is C35H42N4O6. The van der Waals surface area contributed by atoms with E-state index in [0.717, 1.165) is 49.0 Å². The molecule has 238 valence electrons. The van der Waals surface area contributed by atoms with Crippen LogP contribution in [0.15, 0.2) is 84.9 Å². The monoisotopic (exact) mass is 614 g/mol. The average Bonchev–Trinajstić information content (AvgIpc) is 3.63. The number of hydrogen-bond donors (Lipinski definition) is 3. The van der Waals surface area contributed by atoms with Crippen molar-refractivity contribution in [2.45, 2.75) is 49.8 Å². The van der Waals surface area contributed by atoms with Gasteiger partial charge in [-0.1, -0.05) is 78.9 Å². The van der Waals surface area contributed by atoms with Crippen molar-refractivity contribution in [2.75, 3.05) is 45.3 Å². The maximum Gasteiger partial charge on any atom is 0.409 e. The van der Waals surface area contributed by atoms with Crippen LogP contribution >= 0.6 is 0 Å². The molecule has 0 saturated carbocycles. The van der Waals surface area contributed by atoms with E-state index in [0.29, 0.717) is 25.3 Å². The average molecular weight is 615 g/mol. The van der Waals surface area contributed by atoms with E-state index < -0.39 is 18.1 Å². The van der Waals surface area contributed by atoms with Gasteiger partial charge in [0, 0.05) is 31.2 Å². The zero-order chi connectivity index (χ0) is 31.4. The number of likely N-dealkylation sites (tertiary alicyclic amines) is 1. The van der Waals surface area contributed by atoms with Crippen LogP contribution in [-0.2, 0) is 25.4 Å². The molecule has 45 heavy (non-hydrogen) atoms. The van der Waals surface area contributed by atoms with E-state index >= 15 is 0 Å². The first-order valence-electron chi connectivity index (χ1n) is 15.6. The fraction of sp³-hybridized carbons (Fsp3) is 0.400. The van der Waals surface area contributed by atoms with Crippen LogP contribution in [-0.4, -0.2) is 81.1 Å². The molecule has 0 bridgehead atoms. The molecule has 2 fully saturated rings. The first-order valence-corrected chi connectivity index (χ1v) is 15.6. The molecule has 3 aromatic rings. The summed E-state index contributed by atoms with van der Waals surface area (Å²) in [5.74, 6) is -0.810. The second-order valence-corrected chi connectivity index (χ2v) is 11.4. The number of rotatable bonds is 11. The molecular weight excluding hydrogens is 572 g/mol. The lowest BCUT2D eigenvalue weighted by Gasteiger charge is -2.31. The standard InChI is InChI=1S/C35H42N4O6/c1-43-34(41)38-32(31(26-13-4-2-5-14-26)27-15-6-3-7-16-27)33(40)37-30-17-9-8-12-25(30)18-19-29-22-36-28(23-44-29)24-45-35(42)39-20-10-11-21-39/h2-9,12-17,28-29,31-32,36H,10-11,18-24H2,1H3,(H,37,40)(H,38,41)/t28-,29+,32-/m0/s1. The fourth-order valence-electron chi connectivity index (χ4n) is 5.89. The number of benzene rings is 3. The van der Waals surface area contributed by atoms with Gasteiger partial charge in [-0.15, -0.1) is 0 Å². The highest BCUT2D eigenvalue weighted by atomic mass is 16.6. The summed E-state index contributed by atoms with van der Waals surface area (Å²) >= 11 is 0. The Kier molecular flexibility index (Phi) is 11.4. The first kappa shape index (κ1) is 32.0. The van der Waals surface area contributed by atoms with Crippen molar-refractivity contribution < 1.29 is 28.6 Å². The molecule has 2 aliphatic rings. The summed E-state index contributed by atoms with van der Waals surface area (Å²) in [7, 11) is 1.28. The summed E-state index contributed by atoms with van der Waals surface area (Å²) in [5.41, 5.74) is 3.41. The molecule has 2 saturated heterocycles. The number of ether oxygens (including phenoxy) is 3. The van der Waals surface area contributed by atoms with Gasteiger partial charge < -0.3 is 35.1 Å². The number of anilines is 1. The third kappa shape index (κ3) is 8.83. The Morgan fingerprint density at radius 2 is 1.58 bits per heavy atom. The first-order chi connectivity index (χ1) is 22.0. The van der Waals surface area contributed by atoms with Crippen LogP contribution in [0.25, 0.3) is 0 Å². The highest BCUT2D eigenvalue weighted by molar-refractivity contribution is 5.98. The van der Waals surface area contributed by atoms with Gasteiger partial charge in [0.25, 0.3) is 0 Å². The summed E-state index contributed by atoms with van der Waals surface area (Å²) < 4.78 is 16.5. The minimum absolute atomic E-state index is 0.0198. The van der Waals surface area contributed by atoms with Gasteiger partial charge in [0.2, 0.25) is 5.91 Å². The van der Waals surface area contributed by atoms with Crippen LogP contribution in [0.1, 0.15) is 41.9 Å². The van der Waals surface area contributed by atoms with Crippen molar-refractivity contribution >= 4 is 23.8 Å². The van der Waals surface area contributed by atoms with Gasteiger partial charge >= 0.3 is 12.2 Å². The number of para-hydroxylation sites is 1. The topological polar surface area (TPSA) is 118 Å². The molecule has 2 heterocycles. The number of alkyl carbamates (subject to hydrolysis) is 1. The Balaban J connectivity index is 1.22. The summed E-state index contributed by atoms with van der Waals surface area (Å²) in [6, 6.07) is 26.0. The number of nitrogens with one attached hydrogen (secondary N) is 3. The summed E-state index contributed by atoms with van der Waals surface area (Å²) in [6.07, 6.45) is 2.51. The number of methoxy groups -OCH3 is 1. The van der Waals surface area contributed by atoms with E-state index in [9.17, 15) is 14.4 Å². The van der Waals surface area contributed by atoms with E-state index in [2.05, 4.69) is 16.0 Å². The number of morpholine rings is 1. The number of carbonyl (C=O) groups is 3. The van der Waals surface area contributed by atoms with Crippen LogP contribution in [0.3, 0.4) is 0 Å². The van der Waals surface area contributed by atoms with Crippen molar-refractivity contribution in [3.05, 3.63) is 102 Å². The number of amides is 3. The van der Waals surface area contributed by atoms with Crippen molar-refractivity contribution in [3.63, 3.8) is 0 Å². The van der Waals surface area contributed by atoms with Crippen molar-refractivity contribution in [2.24, 2.45) is 0 Å². The lowest BCUT2D eigenvalue weighted by atomic mass is 9.84. The Bertz CT molecular complexity index is 1350. The Hall–Kier alpha value is -4.41. The van der Waals surface area contributed by atoms with E-state index in [1.807, 2.05) is 84.9 Å². The van der Waals surface area contributed by atoms with Crippen LogP contribution in [0, 0.1) is 0 Å². The van der Waals surface area contributed by atoms with Crippen molar-refractivity contribution in [3.8, 4) is 0 Å². The SMILES string of the molecule is COC(=O)N[C@H](C(=O)Nc1ccccc1CC[C@@H]1CN[C@H](COC(=O)N2CCCC2)CO1)C(c1ccccc1)c1ccccc1. The number of carbonyl (C=O) groups excluding carboxylic acids is 3. The second kappa shape index (κ2) is 16.1. The van der Waals surface area contributed by atoms with Gasteiger partial charge in [0.1, 0.15) is 12.6 Å². The molecule has 10 nitrogen and oxygen atoms in total. The Labute approximate surface area is 264 Å². The summed E-state index contributed by atoms with van der Waals surface area (Å²) in [4.78, 5) is 40.4. The van der Waals surface area contributed by atoms with Gasteiger partial charge in [0.05, 0.1) is 25.9 Å². The van der Waals surface area contributed by atoms with Crippen LogP contribution in [0.5, 0.6) is 0 Å². The van der Waals surface area contributed by atoms with Crippen LogP contribution in [0.2, 0.25) is 0 Å². The zero-order valence-electron chi connectivity index (χ0n) is 25.7. The Morgan fingerprint density at radius 3 is 2.20 bits per heavy atom. The number of hydrogen-bond acceptors (Lipinski definition) is 7. The molecule has 0 spiro atoms. The van der Waals surface area contributed by atoms with Crippen molar-refractivity contribution in [1.29, 1.82) is 0 Å². The maximum absolute atomic E-state index is 14.0. The van der Waals surface area contributed by atoms with E-state index in [4.69, 9.17) is 14.2 Å². The highest BCUT2D eigenvalue weighted by Crippen LogP contribution is 2.30. The third-order valence-corrected chi connectivity index (χ3v) is 8.34. The van der Waals surface area contributed by atoms with E-state index in [1.54, 1.807) is 4.90 Å². The van der Waals surface area contributed by atoms with E-state index in [-0.39, 0.29) is 30.8 Å². The van der Waals surface area contributed by atoms with Gasteiger partial charge in [-0.05, 0) is 48.4 Å². The minimum Gasteiger partial charge on any atom is -0.453 e. The number of aryl methyl sites for hydroxylation is 1. The Morgan fingerprint density at radius 1 is 0.933 bits per heavy atom. The molecule has 3 atom stereocenters. The van der Waals surface area contributed by atoms with Crippen molar-refractivity contribution in [1.82, 2.24) is 15.5 Å². The molecule has 2 aliphatic heterocycles. The molecule has 5 rings (SSSR count). The smallest absolute Gasteiger partial charge is 0.409 e. The van der Waals surface area contributed by atoms with Crippen LogP contribution in [0.4, 0.5) is 15.3 Å². The highest BCUT2D eigenvalue weighted by Gasteiger charge is 2.33. The van der Waals surface area contributed by atoms with Gasteiger partial charge in [-0.3, -0.25) is 4.79 Å². The maximum atomic E-state index is 14.0. The molecule has 3 aromatic carbocycles. The molecule has 0 radical (unpaired) electrons. The molecule has 3 N–H and O–H groups in total. The molecule has 0 unspecified atom stereocenters. The lowest BCUT2D eigenvalue weighted by molar-refractivity contribution is -0.118. The van der Waals surface area contributed by atoms with E-state index in [1.165, 1.54) is 7.11 Å². The predicted molar refractivity (Wildman–Crippen MR) is 171 cm³/mol. The molecule has 0 aliphatic carbocycles. The summed E-state index contributed by atoms with van der Waals surface area (Å²) in [6.45, 7) is 2.91. The molecule has 10 heteroatoms. The lowest BCUT2D eigenvalue weighted by Crippen LogP contribution is -2.49. The summed E-state index contributed by atoms with van der Waals surface area (Å²) in [5, 5.41) is 9.31. The third-order valence-electron chi connectivity index (χ3n) is 8.34. The fourth-order valence-corrected chi connectivity index (χ4v) is 5.89. The quantitative estimate of drug-likeness (QED) is 0.287. The largest absolute Gasteiger partial charge is 0.453 e. The number of nitrogens with zero attached hydrogens (tertiary/aromatic N) is 1. The molecule has 3 amide bonds. The predicted octanol–water partition coefficient (Wildman–Crippen LogP) is 4.70. The molecule has 0 aromatic heterocycles. The van der Waals surface area contributed by atoms with Crippen LogP contribution < -0.4 is 16.0 Å². The minimum atomic E-state index is -0.947. The van der Waals surface area contributed by atoms with Gasteiger partial charge in [-0.25, -0.2) is 9.59 Å². The van der Waals surface area contributed by atoms with Gasteiger partial charge in [-0.2, -0.15) is 0 Å². The zero-order valence-corrected chi connectivity index (χ0v) is 25.7. The second-order valence-electron chi connectivity index (χ2n) is 11.4. The van der Waals surface area contributed by atoms with Gasteiger partial charge in [0.15, 0.2) is 0 Å².